The minimum Gasteiger partial charge on any atom is -0.435 e. The van der Waals surface area contributed by atoms with Crippen molar-refractivity contribution in [1.29, 1.82) is 0 Å². The quantitative estimate of drug-likeness (QED) is 0.501. The number of alkyl halides is 2. The highest BCUT2D eigenvalue weighted by Gasteiger charge is 2.40. The van der Waals surface area contributed by atoms with E-state index < -0.39 is 11.9 Å². The van der Waals surface area contributed by atoms with Gasteiger partial charge in [-0.15, -0.1) is 0 Å². The van der Waals surface area contributed by atoms with Crippen molar-refractivity contribution >= 4 is 45.8 Å². The number of hydrogen-bond donors (Lipinski definition) is 1. The summed E-state index contributed by atoms with van der Waals surface area (Å²) in [7, 11) is 0. The highest BCUT2D eigenvalue weighted by molar-refractivity contribution is 8.16. The van der Waals surface area contributed by atoms with Crippen LogP contribution in [0.25, 0.3) is 0 Å². The second-order valence-corrected chi connectivity index (χ2v) is 8.17. The van der Waals surface area contributed by atoms with Crippen LogP contribution in [0, 0.1) is 0 Å². The van der Waals surface area contributed by atoms with Crippen LogP contribution in [0.5, 0.6) is 5.75 Å². The van der Waals surface area contributed by atoms with Crippen LogP contribution in [0.15, 0.2) is 89.9 Å². The lowest BCUT2D eigenvalue weighted by molar-refractivity contribution is -0.121. The number of carbonyl (C=O) groups excluding carboxylic acids is 2. The van der Waals surface area contributed by atoms with Gasteiger partial charge < -0.3 is 10.1 Å². The van der Waals surface area contributed by atoms with Gasteiger partial charge in [-0.1, -0.05) is 48.2 Å². The van der Waals surface area contributed by atoms with Crippen LogP contribution in [0.1, 0.15) is 6.42 Å². The maximum Gasteiger partial charge on any atom is 0.387 e. The summed E-state index contributed by atoms with van der Waals surface area (Å²) in [6.45, 7) is -2.92. The molecule has 1 unspecified atom stereocenters. The monoisotopic (exact) mass is 467 g/mol. The molecule has 4 rings (SSSR count). The third kappa shape index (κ3) is 5.75. The van der Waals surface area contributed by atoms with Gasteiger partial charge in [-0.3, -0.25) is 14.5 Å². The highest BCUT2D eigenvalue weighted by Crippen LogP contribution is 2.35. The summed E-state index contributed by atoms with van der Waals surface area (Å²) < 4.78 is 28.9. The average Bonchev–Trinajstić information content (AvgIpc) is 3.10. The molecule has 0 aromatic heterocycles. The zero-order valence-electron chi connectivity index (χ0n) is 17.2. The first-order chi connectivity index (χ1) is 16.0. The summed E-state index contributed by atoms with van der Waals surface area (Å²) in [4.78, 5) is 31.9. The first-order valence-corrected chi connectivity index (χ1v) is 10.9. The molecule has 3 aromatic rings. The topological polar surface area (TPSA) is 71.0 Å². The summed E-state index contributed by atoms with van der Waals surface area (Å²) in [6.07, 6.45) is -0.0735. The highest BCUT2D eigenvalue weighted by atomic mass is 32.2. The molecular weight excluding hydrogens is 448 g/mol. The minimum atomic E-state index is -2.92. The zero-order valence-corrected chi connectivity index (χ0v) is 18.0. The van der Waals surface area contributed by atoms with Gasteiger partial charge >= 0.3 is 6.61 Å². The van der Waals surface area contributed by atoms with Crippen LogP contribution in [0.2, 0.25) is 0 Å². The number of thioether (sulfide) groups is 1. The number of aliphatic imine (C=N–C) groups is 1. The van der Waals surface area contributed by atoms with E-state index in [4.69, 9.17) is 0 Å². The first kappa shape index (κ1) is 22.5. The fraction of sp³-hybridized carbons (Fsp3) is 0.125. The van der Waals surface area contributed by atoms with E-state index in [9.17, 15) is 18.4 Å². The van der Waals surface area contributed by atoms with E-state index in [1.54, 1.807) is 0 Å². The maximum absolute atomic E-state index is 13.2. The maximum atomic E-state index is 13.2. The molecule has 3 aromatic carbocycles. The van der Waals surface area contributed by atoms with Crippen LogP contribution in [0.4, 0.5) is 25.8 Å². The van der Waals surface area contributed by atoms with Crippen LogP contribution in [0.3, 0.4) is 0 Å². The summed E-state index contributed by atoms with van der Waals surface area (Å²) >= 11 is 1.23. The zero-order chi connectivity index (χ0) is 23.2. The molecule has 1 heterocycles. The summed E-state index contributed by atoms with van der Waals surface area (Å²) in [5.41, 5.74) is 1.78. The van der Waals surface area contributed by atoms with Gasteiger partial charge in [-0.05, 0) is 48.5 Å². The molecular formula is C24H19F2N3O3S. The molecule has 1 aliphatic heterocycles. The Hall–Kier alpha value is -3.72. The lowest BCUT2D eigenvalue weighted by Gasteiger charge is -2.16. The smallest absolute Gasteiger partial charge is 0.387 e. The third-order valence-electron chi connectivity index (χ3n) is 4.66. The number of rotatable bonds is 7. The van der Waals surface area contributed by atoms with Gasteiger partial charge in [0, 0.05) is 12.1 Å². The molecule has 1 aliphatic rings. The van der Waals surface area contributed by atoms with Gasteiger partial charge in [0.1, 0.15) is 11.0 Å². The van der Waals surface area contributed by atoms with Crippen LogP contribution in [-0.2, 0) is 9.59 Å². The molecule has 0 spiro atoms. The first-order valence-electron chi connectivity index (χ1n) is 10.0. The molecule has 0 radical (unpaired) electrons. The number of nitrogens with one attached hydrogen (secondary N) is 1. The second-order valence-electron chi connectivity index (χ2n) is 7.00. The van der Waals surface area contributed by atoms with Crippen molar-refractivity contribution in [3.8, 4) is 5.75 Å². The van der Waals surface area contributed by atoms with Gasteiger partial charge in [0.2, 0.25) is 11.8 Å². The number of hydrogen-bond acceptors (Lipinski definition) is 5. The number of anilines is 2. The van der Waals surface area contributed by atoms with Crippen LogP contribution >= 0.6 is 11.8 Å². The van der Waals surface area contributed by atoms with Crippen molar-refractivity contribution < 1.29 is 23.1 Å². The predicted octanol–water partition coefficient (Wildman–Crippen LogP) is 5.45. The molecule has 168 valence electrons. The SMILES string of the molecule is O=C(CC1SC(=Nc2ccccc2)N(c2ccccc2)C1=O)Nc1ccc(OC(F)F)cc1. The molecule has 1 N–H and O–H groups in total. The molecule has 1 atom stereocenters. The fourth-order valence-electron chi connectivity index (χ4n) is 3.20. The molecule has 1 fully saturated rings. The largest absolute Gasteiger partial charge is 0.435 e. The van der Waals surface area contributed by atoms with Gasteiger partial charge in [-0.25, -0.2) is 4.99 Å². The Bertz CT molecular complexity index is 1140. The van der Waals surface area contributed by atoms with Gasteiger partial charge in [0.25, 0.3) is 0 Å². The van der Waals surface area contributed by atoms with E-state index in [0.29, 0.717) is 22.2 Å². The molecule has 0 bridgehead atoms. The minimum absolute atomic E-state index is 0.00945. The molecule has 33 heavy (non-hydrogen) atoms. The van der Waals surface area contributed by atoms with E-state index in [-0.39, 0.29) is 24.0 Å². The van der Waals surface area contributed by atoms with Crippen molar-refractivity contribution in [2.24, 2.45) is 4.99 Å². The van der Waals surface area contributed by atoms with Crippen molar-refractivity contribution in [2.45, 2.75) is 18.3 Å². The van der Waals surface area contributed by atoms with Gasteiger partial charge in [0.15, 0.2) is 5.17 Å². The van der Waals surface area contributed by atoms with Crippen molar-refractivity contribution in [1.82, 2.24) is 0 Å². The number of ether oxygens (including phenoxy) is 1. The normalized spacial score (nSPS) is 16.9. The number of benzene rings is 3. The predicted molar refractivity (Wildman–Crippen MR) is 125 cm³/mol. The number of amidine groups is 1. The molecule has 6 nitrogen and oxygen atoms in total. The molecule has 2 amide bonds. The van der Waals surface area contributed by atoms with Crippen molar-refractivity contribution in [2.75, 3.05) is 10.2 Å². The van der Waals surface area contributed by atoms with Crippen molar-refractivity contribution in [3.63, 3.8) is 0 Å². The lowest BCUT2D eigenvalue weighted by atomic mass is 10.2. The summed E-state index contributed by atoms with van der Waals surface area (Å²) in [6, 6.07) is 24.0. The van der Waals surface area contributed by atoms with E-state index in [1.165, 1.54) is 40.9 Å². The van der Waals surface area contributed by atoms with Gasteiger partial charge in [-0.2, -0.15) is 8.78 Å². The Morgan fingerprint density at radius 2 is 1.64 bits per heavy atom. The Labute approximate surface area is 193 Å². The van der Waals surface area contributed by atoms with E-state index >= 15 is 0 Å². The van der Waals surface area contributed by atoms with Gasteiger partial charge in [0.05, 0.1) is 11.4 Å². The summed E-state index contributed by atoms with van der Waals surface area (Å²) in [5.74, 6) is -0.626. The van der Waals surface area contributed by atoms with Crippen LogP contribution < -0.4 is 15.0 Å². The molecule has 1 saturated heterocycles. The molecule has 9 heteroatoms. The number of halogens is 2. The summed E-state index contributed by atoms with van der Waals surface area (Å²) in [5, 5.41) is 2.51. The van der Waals surface area contributed by atoms with E-state index in [1.807, 2.05) is 60.7 Å². The Morgan fingerprint density at radius 3 is 2.27 bits per heavy atom. The molecule has 0 saturated carbocycles. The van der Waals surface area contributed by atoms with E-state index in [0.717, 1.165) is 0 Å². The fourth-order valence-corrected chi connectivity index (χ4v) is 4.36. The molecule has 0 aliphatic carbocycles. The second kappa shape index (κ2) is 10.3. The Morgan fingerprint density at radius 1 is 1.00 bits per heavy atom. The number of para-hydroxylation sites is 2. The lowest BCUT2D eigenvalue weighted by Crippen LogP contribution is -2.33. The number of carbonyl (C=O) groups is 2. The Balaban J connectivity index is 1.49. The van der Waals surface area contributed by atoms with Crippen LogP contribution in [-0.4, -0.2) is 28.8 Å². The average molecular weight is 467 g/mol. The number of amides is 2. The van der Waals surface area contributed by atoms with Crippen molar-refractivity contribution in [3.05, 3.63) is 84.9 Å². The number of nitrogens with zero attached hydrogens (tertiary/aromatic N) is 2. The standard InChI is InChI=1S/C24H19F2N3O3S/c25-23(26)32-19-13-11-17(12-14-19)27-21(30)15-20-22(31)29(18-9-5-2-6-10-18)24(33-20)28-16-7-3-1-4-8-16/h1-14,20,23H,15H2,(H,27,30). The third-order valence-corrected chi connectivity index (χ3v) is 5.80. The van der Waals surface area contributed by atoms with E-state index in [2.05, 4.69) is 15.0 Å². The Kier molecular flexibility index (Phi) is 6.99.